The fourth-order valence-corrected chi connectivity index (χ4v) is 1.28. The summed E-state index contributed by atoms with van der Waals surface area (Å²) in [4.78, 5) is 0. The van der Waals surface area contributed by atoms with Crippen LogP contribution in [0.3, 0.4) is 0 Å². The maximum Gasteiger partial charge on any atom is 0.120 e. The normalized spacial score (nSPS) is 11.4. The molecule has 4 heteroatoms. The lowest BCUT2D eigenvalue weighted by atomic mass is 10.3. The highest BCUT2D eigenvalue weighted by Gasteiger charge is 1.99. The molecule has 1 aromatic rings. The summed E-state index contributed by atoms with van der Waals surface area (Å²) in [6, 6.07) is 7.28. The Kier molecular flexibility index (Phi) is 6.87. The molecule has 0 saturated heterocycles. The summed E-state index contributed by atoms with van der Waals surface area (Å²) in [6.45, 7) is 3.17. The van der Waals surface area contributed by atoms with Gasteiger partial charge in [0.1, 0.15) is 18.1 Å². The minimum Gasteiger partial charge on any atom is -0.494 e. The highest BCUT2D eigenvalue weighted by molar-refractivity contribution is 5.31. The number of rotatable bonds is 8. The molecule has 100 valence electrons. The number of halogens is 1. The van der Waals surface area contributed by atoms with Crippen molar-refractivity contribution in [2.45, 2.75) is 19.8 Å². The van der Waals surface area contributed by atoms with Gasteiger partial charge in [-0.2, -0.15) is 0 Å². The fourth-order valence-electron chi connectivity index (χ4n) is 1.28. The lowest BCUT2D eigenvalue weighted by molar-refractivity contribution is 0.307. The summed E-state index contributed by atoms with van der Waals surface area (Å²) in [6.07, 6.45) is 2.64. The molecule has 1 aromatic carbocycles. The third kappa shape index (κ3) is 5.19. The maximum absolute atomic E-state index is 12.3. The number of hydrogen-bond acceptors (Lipinski definition) is 3. The van der Waals surface area contributed by atoms with E-state index in [0.29, 0.717) is 17.7 Å². The van der Waals surface area contributed by atoms with Gasteiger partial charge in [-0.15, -0.1) is 0 Å². The number of unbranched alkanes of at least 4 members (excludes halogenated alkanes) is 1. The zero-order valence-electron chi connectivity index (χ0n) is 10.7. The largest absolute Gasteiger partial charge is 0.494 e. The van der Waals surface area contributed by atoms with Crippen LogP contribution in [0, 0.1) is 0 Å². The van der Waals surface area contributed by atoms with Crippen molar-refractivity contribution in [2.24, 2.45) is 5.73 Å². The molecule has 0 bridgehead atoms. The third-order valence-electron chi connectivity index (χ3n) is 2.43. The molecular formula is C14H20FNO2. The molecule has 0 unspecified atom stereocenters. The van der Waals surface area contributed by atoms with Gasteiger partial charge in [-0.05, 0) is 30.7 Å². The van der Waals surface area contributed by atoms with Crippen molar-refractivity contribution < 1.29 is 13.9 Å². The summed E-state index contributed by atoms with van der Waals surface area (Å²) in [5, 5.41) is 0. The minimum absolute atomic E-state index is 0.161. The van der Waals surface area contributed by atoms with Crippen molar-refractivity contribution in [2.75, 3.05) is 19.8 Å². The standard InChI is InChI=1S/C14H20FNO2/c1-2-3-8-17-13-4-6-14(7-5-13)18-11-12(9-15)10-16/h4-7,9H,2-3,8,10-11,16H2,1H3/b12-9-. The Balaban J connectivity index is 2.40. The molecule has 0 aromatic heterocycles. The molecule has 0 aliphatic carbocycles. The maximum atomic E-state index is 12.3. The number of benzene rings is 1. The number of nitrogens with two attached hydrogens (primary N) is 1. The monoisotopic (exact) mass is 253 g/mol. The minimum atomic E-state index is 0.161. The molecular weight excluding hydrogens is 233 g/mol. The van der Waals surface area contributed by atoms with E-state index in [2.05, 4.69) is 6.92 Å². The molecule has 0 radical (unpaired) electrons. The van der Waals surface area contributed by atoms with Crippen LogP contribution in [0.1, 0.15) is 19.8 Å². The first-order chi connectivity index (χ1) is 8.80. The molecule has 2 N–H and O–H groups in total. The molecule has 0 atom stereocenters. The van der Waals surface area contributed by atoms with Crippen molar-refractivity contribution in [1.82, 2.24) is 0 Å². The van der Waals surface area contributed by atoms with E-state index in [1.54, 1.807) is 12.1 Å². The van der Waals surface area contributed by atoms with Crippen molar-refractivity contribution >= 4 is 0 Å². The molecule has 0 saturated carbocycles. The Labute approximate surface area is 107 Å². The molecule has 0 spiro atoms. The van der Waals surface area contributed by atoms with Crippen LogP contribution in [-0.2, 0) is 0 Å². The zero-order valence-corrected chi connectivity index (χ0v) is 10.7. The van der Waals surface area contributed by atoms with Gasteiger partial charge >= 0.3 is 0 Å². The predicted octanol–water partition coefficient (Wildman–Crippen LogP) is 3.06. The van der Waals surface area contributed by atoms with Gasteiger partial charge in [0.25, 0.3) is 0 Å². The molecule has 0 heterocycles. The van der Waals surface area contributed by atoms with Crippen molar-refractivity contribution in [3.05, 3.63) is 36.2 Å². The van der Waals surface area contributed by atoms with Crippen LogP contribution in [0.4, 0.5) is 4.39 Å². The third-order valence-corrected chi connectivity index (χ3v) is 2.43. The number of hydrogen-bond donors (Lipinski definition) is 1. The lowest BCUT2D eigenvalue weighted by Crippen LogP contribution is -2.10. The molecule has 0 aliphatic rings. The highest BCUT2D eigenvalue weighted by Crippen LogP contribution is 2.18. The van der Waals surface area contributed by atoms with Crippen LogP contribution in [0.15, 0.2) is 36.2 Å². The van der Waals surface area contributed by atoms with Gasteiger partial charge in [-0.1, -0.05) is 13.3 Å². The molecule has 1 rings (SSSR count). The average molecular weight is 253 g/mol. The SMILES string of the molecule is CCCCOc1ccc(OC/C(=C\F)CN)cc1. The second kappa shape index (κ2) is 8.53. The summed E-state index contributed by atoms with van der Waals surface area (Å²) in [7, 11) is 0. The van der Waals surface area contributed by atoms with Gasteiger partial charge in [0.05, 0.1) is 12.9 Å². The van der Waals surface area contributed by atoms with Gasteiger partial charge in [-0.3, -0.25) is 0 Å². The number of ether oxygens (including phenoxy) is 2. The molecule has 0 fully saturated rings. The van der Waals surface area contributed by atoms with Crippen LogP contribution < -0.4 is 15.2 Å². The van der Waals surface area contributed by atoms with Crippen molar-refractivity contribution in [3.8, 4) is 11.5 Å². The molecule has 0 amide bonds. The Morgan fingerprint density at radius 2 is 1.83 bits per heavy atom. The average Bonchev–Trinajstić information content (AvgIpc) is 2.42. The Bertz CT molecular complexity index is 363. The smallest absolute Gasteiger partial charge is 0.120 e. The molecule has 3 nitrogen and oxygen atoms in total. The fraction of sp³-hybridized carbons (Fsp3) is 0.429. The van der Waals surface area contributed by atoms with Gasteiger partial charge in [-0.25, -0.2) is 4.39 Å². The first-order valence-corrected chi connectivity index (χ1v) is 6.14. The second-order valence-corrected chi connectivity index (χ2v) is 3.93. The van der Waals surface area contributed by atoms with Crippen molar-refractivity contribution in [1.29, 1.82) is 0 Å². The van der Waals surface area contributed by atoms with E-state index in [1.807, 2.05) is 12.1 Å². The van der Waals surface area contributed by atoms with Gasteiger partial charge in [0.2, 0.25) is 0 Å². The van der Waals surface area contributed by atoms with Gasteiger partial charge in [0, 0.05) is 12.1 Å². The summed E-state index contributed by atoms with van der Waals surface area (Å²) in [5.74, 6) is 1.49. The van der Waals surface area contributed by atoms with Gasteiger partial charge in [0.15, 0.2) is 0 Å². The Hall–Kier alpha value is -1.55. The predicted molar refractivity (Wildman–Crippen MR) is 70.6 cm³/mol. The van der Waals surface area contributed by atoms with Crippen LogP contribution in [-0.4, -0.2) is 19.8 Å². The lowest BCUT2D eigenvalue weighted by Gasteiger charge is -2.09. The highest BCUT2D eigenvalue weighted by atomic mass is 19.1. The van der Waals surface area contributed by atoms with E-state index in [9.17, 15) is 4.39 Å². The Morgan fingerprint density at radius 1 is 1.22 bits per heavy atom. The van der Waals surface area contributed by atoms with E-state index in [0.717, 1.165) is 25.2 Å². The van der Waals surface area contributed by atoms with Crippen LogP contribution >= 0.6 is 0 Å². The second-order valence-electron chi connectivity index (χ2n) is 3.93. The summed E-state index contributed by atoms with van der Waals surface area (Å²) in [5.41, 5.74) is 5.76. The van der Waals surface area contributed by atoms with Crippen LogP contribution in [0.5, 0.6) is 11.5 Å². The first kappa shape index (κ1) is 14.5. The van der Waals surface area contributed by atoms with Crippen LogP contribution in [0.2, 0.25) is 0 Å². The Morgan fingerprint density at radius 3 is 2.33 bits per heavy atom. The zero-order chi connectivity index (χ0) is 13.2. The molecule has 18 heavy (non-hydrogen) atoms. The van der Waals surface area contributed by atoms with Gasteiger partial charge < -0.3 is 15.2 Å². The van der Waals surface area contributed by atoms with E-state index >= 15 is 0 Å². The van der Waals surface area contributed by atoms with E-state index in [1.165, 1.54) is 0 Å². The van der Waals surface area contributed by atoms with Crippen LogP contribution in [0.25, 0.3) is 0 Å². The quantitative estimate of drug-likeness (QED) is 0.724. The topological polar surface area (TPSA) is 44.5 Å². The van der Waals surface area contributed by atoms with E-state index in [4.69, 9.17) is 15.2 Å². The van der Waals surface area contributed by atoms with E-state index in [-0.39, 0.29) is 13.2 Å². The first-order valence-electron chi connectivity index (χ1n) is 6.14. The van der Waals surface area contributed by atoms with Crippen molar-refractivity contribution in [3.63, 3.8) is 0 Å². The summed E-state index contributed by atoms with van der Waals surface area (Å²) >= 11 is 0. The molecule has 0 aliphatic heterocycles. The van der Waals surface area contributed by atoms with E-state index < -0.39 is 0 Å². The summed E-state index contributed by atoms with van der Waals surface area (Å²) < 4.78 is 23.2.